The zero-order chi connectivity index (χ0) is 15.3. The summed E-state index contributed by atoms with van der Waals surface area (Å²) < 4.78 is 0. The Morgan fingerprint density at radius 2 is 1.65 bits per heavy atom. The second-order valence-electron chi connectivity index (χ2n) is 6.51. The maximum Gasteiger partial charge on any atom is 0.306 e. The van der Waals surface area contributed by atoms with E-state index in [1.165, 1.54) is 0 Å². The van der Waals surface area contributed by atoms with Crippen LogP contribution in [0.5, 0.6) is 0 Å². The van der Waals surface area contributed by atoms with Gasteiger partial charge in [-0.2, -0.15) is 0 Å². The Morgan fingerprint density at radius 1 is 1.15 bits per heavy atom. The van der Waals surface area contributed by atoms with E-state index < -0.39 is 5.97 Å². The molecule has 0 radical (unpaired) electrons. The highest BCUT2D eigenvalue weighted by Gasteiger charge is 2.30. The van der Waals surface area contributed by atoms with Crippen molar-refractivity contribution in [3.05, 3.63) is 0 Å². The van der Waals surface area contributed by atoms with Gasteiger partial charge in [0.25, 0.3) is 0 Å². The van der Waals surface area contributed by atoms with Gasteiger partial charge < -0.3 is 15.3 Å². The predicted octanol–water partition coefficient (Wildman–Crippen LogP) is 1.58. The number of nitrogens with one attached hydrogen (secondary N) is 1. The fourth-order valence-corrected chi connectivity index (χ4v) is 2.72. The van der Waals surface area contributed by atoms with Crippen molar-refractivity contribution < 1.29 is 14.7 Å². The fraction of sp³-hybridized carbons (Fsp3) is 0.867. The van der Waals surface area contributed by atoms with Crippen LogP contribution in [-0.2, 0) is 9.59 Å². The molecule has 0 aromatic heterocycles. The van der Waals surface area contributed by atoms with E-state index in [2.05, 4.69) is 24.1 Å². The van der Waals surface area contributed by atoms with Crippen molar-refractivity contribution in [3.8, 4) is 0 Å². The summed E-state index contributed by atoms with van der Waals surface area (Å²) in [5.74, 6) is -0.529. The summed E-state index contributed by atoms with van der Waals surface area (Å²) in [6, 6.07) is 0.148. The molecule has 0 aromatic rings. The number of likely N-dealkylation sites (N-methyl/N-ethyl adjacent to an activating group) is 1. The lowest BCUT2D eigenvalue weighted by atomic mass is 9.81. The molecule has 1 rings (SSSR count). The van der Waals surface area contributed by atoms with E-state index >= 15 is 0 Å². The number of hydrogen-bond donors (Lipinski definition) is 2. The summed E-state index contributed by atoms with van der Waals surface area (Å²) in [6.45, 7) is 5.04. The number of carboxylic acids is 1. The Balaban J connectivity index is 2.47. The van der Waals surface area contributed by atoms with Crippen LogP contribution < -0.4 is 5.32 Å². The fourth-order valence-electron chi connectivity index (χ4n) is 2.72. The van der Waals surface area contributed by atoms with Crippen molar-refractivity contribution in [2.45, 2.75) is 45.6 Å². The van der Waals surface area contributed by atoms with Gasteiger partial charge in [0.05, 0.1) is 5.92 Å². The quantitative estimate of drug-likeness (QED) is 0.777. The minimum Gasteiger partial charge on any atom is -0.481 e. The Hall–Kier alpha value is -1.10. The zero-order valence-corrected chi connectivity index (χ0v) is 13.1. The average molecular weight is 284 g/mol. The highest BCUT2D eigenvalue weighted by molar-refractivity contribution is 5.79. The zero-order valence-electron chi connectivity index (χ0n) is 13.1. The molecule has 2 N–H and O–H groups in total. The van der Waals surface area contributed by atoms with Crippen LogP contribution >= 0.6 is 0 Å². The maximum atomic E-state index is 12.3. The smallest absolute Gasteiger partial charge is 0.306 e. The third-order valence-electron chi connectivity index (χ3n) is 4.14. The number of carboxylic acid groups (broad SMARTS) is 1. The normalized spacial score (nSPS) is 24.7. The molecule has 0 aromatic carbocycles. The Morgan fingerprint density at radius 3 is 2.05 bits per heavy atom. The highest BCUT2D eigenvalue weighted by Crippen LogP contribution is 2.29. The van der Waals surface area contributed by atoms with Crippen molar-refractivity contribution in [2.24, 2.45) is 17.8 Å². The molecule has 0 heterocycles. The molecule has 0 aliphatic heterocycles. The number of carbonyl (C=O) groups excluding carboxylic acids is 1. The van der Waals surface area contributed by atoms with Crippen LogP contribution in [0.15, 0.2) is 0 Å². The van der Waals surface area contributed by atoms with E-state index in [1.54, 1.807) is 0 Å². The van der Waals surface area contributed by atoms with Gasteiger partial charge in [0.2, 0.25) is 5.91 Å². The lowest BCUT2D eigenvalue weighted by Crippen LogP contribution is -2.47. The van der Waals surface area contributed by atoms with Gasteiger partial charge in [-0.1, -0.05) is 13.8 Å². The standard InChI is InChI=1S/C15H28N2O3/c1-10(2)13(9-17(3)4)16-14(18)11-5-7-12(8-6-11)15(19)20/h10-13H,5-9H2,1-4H3,(H,16,18)(H,19,20). The Bertz CT molecular complexity index is 334. The number of aliphatic carboxylic acids is 1. The molecule has 1 aliphatic carbocycles. The molecule has 1 amide bonds. The first kappa shape index (κ1) is 17.0. The summed E-state index contributed by atoms with van der Waals surface area (Å²) in [6.07, 6.45) is 2.62. The lowest BCUT2D eigenvalue weighted by molar-refractivity contribution is -0.144. The van der Waals surface area contributed by atoms with Gasteiger partial charge in [-0.25, -0.2) is 0 Å². The minimum absolute atomic E-state index is 0.0194. The van der Waals surface area contributed by atoms with Crippen molar-refractivity contribution in [2.75, 3.05) is 20.6 Å². The molecule has 1 saturated carbocycles. The van der Waals surface area contributed by atoms with E-state index in [9.17, 15) is 9.59 Å². The van der Waals surface area contributed by atoms with Gasteiger partial charge in [0, 0.05) is 18.5 Å². The summed E-state index contributed by atoms with van der Waals surface area (Å²) in [5, 5.41) is 12.1. The van der Waals surface area contributed by atoms with Gasteiger partial charge in [-0.15, -0.1) is 0 Å². The third-order valence-corrected chi connectivity index (χ3v) is 4.14. The van der Waals surface area contributed by atoms with E-state index in [4.69, 9.17) is 5.11 Å². The van der Waals surface area contributed by atoms with Crippen LogP contribution in [0.1, 0.15) is 39.5 Å². The number of rotatable bonds is 6. The van der Waals surface area contributed by atoms with Crippen LogP contribution in [0.2, 0.25) is 0 Å². The van der Waals surface area contributed by atoms with Crippen molar-refractivity contribution in [1.82, 2.24) is 10.2 Å². The molecule has 5 nitrogen and oxygen atoms in total. The van der Waals surface area contributed by atoms with Crippen molar-refractivity contribution in [3.63, 3.8) is 0 Å². The third kappa shape index (κ3) is 5.12. The summed E-state index contributed by atoms with van der Waals surface area (Å²) in [7, 11) is 4.00. The summed E-state index contributed by atoms with van der Waals surface area (Å²) >= 11 is 0. The molecule has 5 heteroatoms. The van der Waals surface area contributed by atoms with Gasteiger partial charge in [-0.05, 0) is 45.7 Å². The molecule has 0 spiro atoms. The van der Waals surface area contributed by atoms with E-state index in [1.807, 2.05) is 14.1 Å². The molecular weight excluding hydrogens is 256 g/mol. The molecule has 1 aliphatic rings. The Kier molecular flexibility index (Phi) is 6.46. The maximum absolute atomic E-state index is 12.3. The predicted molar refractivity (Wildman–Crippen MR) is 78.4 cm³/mol. The van der Waals surface area contributed by atoms with Crippen LogP contribution in [0.3, 0.4) is 0 Å². The average Bonchev–Trinajstić information content (AvgIpc) is 2.37. The summed E-state index contributed by atoms with van der Waals surface area (Å²) in [4.78, 5) is 25.3. The molecule has 0 saturated heterocycles. The minimum atomic E-state index is -0.725. The van der Waals surface area contributed by atoms with Crippen LogP contribution in [0.25, 0.3) is 0 Å². The van der Waals surface area contributed by atoms with Crippen molar-refractivity contribution in [1.29, 1.82) is 0 Å². The number of nitrogens with zero attached hydrogens (tertiary/aromatic N) is 1. The molecule has 1 unspecified atom stereocenters. The molecule has 20 heavy (non-hydrogen) atoms. The first-order valence-electron chi connectivity index (χ1n) is 7.49. The SMILES string of the molecule is CC(C)C(CN(C)C)NC(=O)C1CCC(C(=O)O)CC1. The van der Waals surface area contributed by atoms with Gasteiger partial charge in [0.15, 0.2) is 0 Å². The van der Waals surface area contributed by atoms with Gasteiger partial charge >= 0.3 is 5.97 Å². The molecule has 0 bridgehead atoms. The van der Waals surface area contributed by atoms with Gasteiger partial charge in [-0.3, -0.25) is 9.59 Å². The molecule has 116 valence electrons. The topological polar surface area (TPSA) is 69.6 Å². The molecule has 1 atom stereocenters. The molecule has 1 fully saturated rings. The monoisotopic (exact) mass is 284 g/mol. The van der Waals surface area contributed by atoms with Crippen molar-refractivity contribution >= 4 is 11.9 Å². The molecular formula is C15H28N2O3. The second-order valence-corrected chi connectivity index (χ2v) is 6.51. The lowest BCUT2D eigenvalue weighted by Gasteiger charge is -2.30. The summed E-state index contributed by atoms with van der Waals surface area (Å²) in [5.41, 5.74) is 0. The first-order chi connectivity index (χ1) is 9.31. The number of carbonyl (C=O) groups is 2. The second kappa shape index (κ2) is 7.62. The van der Waals surface area contributed by atoms with E-state index in [0.717, 1.165) is 6.54 Å². The first-order valence-corrected chi connectivity index (χ1v) is 7.49. The Labute approximate surface area is 121 Å². The largest absolute Gasteiger partial charge is 0.481 e. The van der Waals surface area contributed by atoms with Crippen LogP contribution in [0.4, 0.5) is 0 Å². The van der Waals surface area contributed by atoms with E-state index in [0.29, 0.717) is 31.6 Å². The van der Waals surface area contributed by atoms with Crippen LogP contribution in [0, 0.1) is 17.8 Å². The van der Waals surface area contributed by atoms with Crippen LogP contribution in [-0.4, -0.2) is 48.6 Å². The van der Waals surface area contributed by atoms with Gasteiger partial charge in [0.1, 0.15) is 0 Å². The number of hydrogen-bond acceptors (Lipinski definition) is 3. The number of amides is 1. The highest BCUT2D eigenvalue weighted by atomic mass is 16.4. The van der Waals surface area contributed by atoms with E-state index in [-0.39, 0.29) is 23.8 Å².